The van der Waals surface area contributed by atoms with Gasteiger partial charge in [0.2, 0.25) is 0 Å². The van der Waals surface area contributed by atoms with Crippen LogP contribution in [0.25, 0.3) is 22.5 Å². The molecule has 3 aromatic rings. The highest BCUT2D eigenvalue weighted by Crippen LogP contribution is 2.49. The monoisotopic (exact) mass is 809 g/mol. The zero-order valence-corrected chi connectivity index (χ0v) is 38.8. The van der Waals surface area contributed by atoms with E-state index in [1.165, 1.54) is 126 Å². The Kier molecular flexibility index (Phi) is 20.2. The molecule has 0 fully saturated rings. The molecule has 1 aliphatic rings. The van der Waals surface area contributed by atoms with Gasteiger partial charge in [0, 0.05) is 18.0 Å². The maximum absolute atomic E-state index is 16.0. The van der Waals surface area contributed by atoms with Crippen molar-refractivity contribution in [2.45, 2.75) is 187 Å². The summed E-state index contributed by atoms with van der Waals surface area (Å²) in [6.45, 7) is 13.8. The smallest absolute Gasteiger partial charge is 0.311 e. The highest BCUT2D eigenvalue weighted by atomic mass is 28.2. The number of ether oxygens (including phenoxy) is 1. The van der Waals surface area contributed by atoms with Crippen LogP contribution in [0.3, 0.4) is 0 Å². The molecule has 0 N–H and O–H groups in total. The Bertz CT molecular complexity index is 1550. The molecule has 3 nitrogen and oxygen atoms in total. The van der Waals surface area contributed by atoms with Crippen molar-refractivity contribution in [3.8, 4) is 28.3 Å². The predicted octanol–water partition coefficient (Wildman–Crippen LogP) is 13.3. The Balaban J connectivity index is 1.26. The lowest BCUT2D eigenvalue weighted by Gasteiger charge is -2.21. The van der Waals surface area contributed by atoms with Gasteiger partial charge in [0.1, 0.15) is 22.9 Å². The summed E-state index contributed by atoms with van der Waals surface area (Å²) >= 11 is 0. The molecular weight excluding hydrogens is 734 g/mol. The van der Waals surface area contributed by atoms with Crippen molar-refractivity contribution < 1.29 is 17.9 Å². The fraction of sp³-hybridized carbons (Fsp3) is 0.667. The maximum atomic E-state index is 16.0. The van der Waals surface area contributed by atoms with Gasteiger partial charge in [0.15, 0.2) is 5.82 Å². The van der Waals surface area contributed by atoms with Crippen molar-refractivity contribution in [1.82, 2.24) is 9.97 Å². The van der Waals surface area contributed by atoms with Gasteiger partial charge in [-0.1, -0.05) is 205 Å². The van der Waals surface area contributed by atoms with Gasteiger partial charge in [-0.05, 0) is 35.4 Å². The van der Waals surface area contributed by atoms with Crippen LogP contribution in [0.4, 0.5) is 13.2 Å². The second kappa shape index (κ2) is 24.5. The molecule has 0 bridgehead atoms. The number of unbranched alkanes of at least 4 members (excludes halogenated alkanes) is 8. The summed E-state index contributed by atoms with van der Waals surface area (Å²) in [6.07, 6.45) is 27.6. The van der Waals surface area contributed by atoms with E-state index in [9.17, 15) is 0 Å². The van der Waals surface area contributed by atoms with Gasteiger partial charge in [0.05, 0.1) is 24.6 Å². The Morgan fingerprint density at radius 1 is 0.661 bits per heavy atom. The SMILES string of the molecule is CCCCCC(C)CCCCCCC(C)[SiH2]C1Oc2ccc(-c3ncc(-c4ccccc4[SiH2]CCC(C)CCCCC(C)CCCCC)cn3)c(F)c2C1(F)F. The summed E-state index contributed by atoms with van der Waals surface area (Å²) in [4.78, 5) is 9.04. The van der Waals surface area contributed by atoms with Crippen molar-refractivity contribution in [3.05, 3.63) is 60.2 Å². The minimum atomic E-state index is -3.36. The molecule has 8 heteroatoms. The van der Waals surface area contributed by atoms with Crippen LogP contribution in [0.5, 0.6) is 5.75 Å². The minimum absolute atomic E-state index is 0.00350. The Hall–Kier alpha value is -2.46. The fourth-order valence-electron chi connectivity index (χ4n) is 8.72. The van der Waals surface area contributed by atoms with Gasteiger partial charge in [-0.15, -0.1) is 0 Å². The average molecular weight is 809 g/mol. The minimum Gasteiger partial charge on any atom is -0.488 e. The first-order chi connectivity index (χ1) is 27.0. The summed E-state index contributed by atoms with van der Waals surface area (Å²) in [5.41, 5.74) is 0.343. The molecule has 2 aromatic carbocycles. The Labute approximate surface area is 343 Å². The van der Waals surface area contributed by atoms with Gasteiger partial charge in [-0.3, -0.25) is 0 Å². The zero-order chi connectivity index (χ0) is 40.3. The lowest BCUT2D eigenvalue weighted by atomic mass is 9.94. The number of hydrogen-bond acceptors (Lipinski definition) is 3. The van der Waals surface area contributed by atoms with Gasteiger partial charge in [0.25, 0.3) is 0 Å². The average Bonchev–Trinajstić information content (AvgIpc) is 3.44. The van der Waals surface area contributed by atoms with E-state index in [1.54, 1.807) is 12.4 Å². The van der Waals surface area contributed by atoms with Crippen molar-refractivity contribution in [3.63, 3.8) is 0 Å². The first-order valence-electron chi connectivity index (χ1n) is 22.8. The third kappa shape index (κ3) is 14.4. The van der Waals surface area contributed by atoms with Crippen molar-refractivity contribution in [2.24, 2.45) is 17.8 Å². The van der Waals surface area contributed by atoms with Gasteiger partial charge in [-0.2, -0.15) is 8.78 Å². The fourth-order valence-corrected chi connectivity index (χ4v) is 12.9. The number of rotatable bonds is 28. The van der Waals surface area contributed by atoms with Crippen LogP contribution in [0.1, 0.15) is 169 Å². The summed E-state index contributed by atoms with van der Waals surface area (Å²) in [5, 5.41) is 1.38. The van der Waals surface area contributed by atoms with Gasteiger partial charge >= 0.3 is 5.92 Å². The summed E-state index contributed by atoms with van der Waals surface area (Å²) in [7, 11) is -1.84. The number of halogens is 3. The third-order valence-corrected chi connectivity index (χ3v) is 16.7. The summed E-state index contributed by atoms with van der Waals surface area (Å²) < 4.78 is 53.5. The number of aromatic nitrogens is 2. The molecule has 1 aromatic heterocycles. The predicted molar refractivity (Wildman–Crippen MR) is 239 cm³/mol. The van der Waals surface area contributed by atoms with Crippen LogP contribution in [0.2, 0.25) is 11.6 Å². The van der Waals surface area contributed by atoms with E-state index in [4.69, 9.17) is 4.74 Å². The molecular formula is C48H75F3N2OSi2. The topological polar surface area (TPSA) is 35.0 Å². The van der Waals surface area contributed by atoms with Crippen LogP contribution < -0.4 is 9.92 Å². The number of hydrogen-bond donors (Lipinski definition) is 0. The molecule has 4 rings (SSSR count). The standard InChI is InChI=1S/C48H75F3N2OSi2/c1-7-9-13-21-35(3)23-15-11-12-16-26-38(6)56-47-48(50,51)44-42(54-47)30-29-41(45(44)49)46-52-33-39(34-53-46)40-27-19-20-28-43(40)55-32-31-37(5)25-18-17-24-36(4)22-14-10-8-2/h19-20,27-30,33-38,47H,7-18,21-26,31-32,55-56H2,1-6H3. The van der Waals surface area contributed by atoms with Crippen molar-refractivity contribution >= 4 is 24.2 Å². The molecule has 56 heavy (non-hydrogen) atoms. The molecule has 1 aliphatic heterocycles. The van der Waals surface area contributed by atoms with E-state index in [-0.39, 0.29) is 22.7 Å². The highest BCUT2D eigenvalue weighted by Gasteiger charge is 2.53. The molecule has 0 saturated heterocycles. The lowest BCUT2D eigenvalue weighted by Crippen LogP contribution is -2.37. The highest BCUT2D eigenvalue weighted by molar-refractivity contribution is 6.55. The van der Waals surface area contributed by atoms with Crippen LogP contribution in [0, 0.1) is 23.6 Å². The second-order valence-corrected chi connectivity index (χ2v) is 22.4. The first kappa shape index (κ1) is 46.2. The van der Waals surface area contributed by atoms with Gasteiger partial charge < -0.3 is 4.74 Å². The lowest BCUT2D eigenvalue weighted by molar-refractivity contribution is -0.0451. The second-order valence-electron chi connectivity index (χ2n) is 17.8. The Morgan fingerprint density at radius 3 is 1.80 bits per heavy atom. The van der Waals surface area contributed by atoms with Crippen LogP contribution in [0.15, 0.2) is 48.8 Å². The normalized spacial score (nSPS) is 17.4. The van der Waals surface area contributed by atoms with E-state index in [2.05, 4.69) is 69.7 Å². The quantitative estimate of drug-likeness (QED) is 0.0541. The molecule has 0 spiro atoms. The van der Waals surface area contributed by atoms with E-state index < -0.39 is 42.1 Å². The van der Waals surface area contributed by atoms with Crippen LogP contribution >= 0.6 is 0 Å². The van der Waals surface area contributed by atoms with Crippen molar-refractivity contribution in [1.29, 1.82) is 0 Å². The Morgan fingerprint density at radius 2 is 1.20 bits per heavy atom. The van der Waals surface area contributed by atoms with Gasteiger partial charge in [-0.25, -0.2) is 14.4 Å². The number of benzene rings is 2. The van der Waals surface area contributed by atoms with Crippen molar-refractivity contribution in [2.75, 3.05) is 0 Å². The number of fused-ring (bicyclic) bond motifs is 1. The summed E-state index contributed by atoms with van der Waals surface area (Å²) in [5.74, 6) is -1.86. The first-order valence-corrected chi connectivity index (χ1v) is 26.2. The van der Waals surface area contributed by atoms with E-state index in [0.29, 0.717) is 0 Å². The largest absolute Gasteiger partial charge is 0.488 e. The van der Waals surface area contributed by atoms with Crippen LogP contribution in [-0.2, 0) is 5.92 Å². The number of alkyl halides is 2. The maximum Gasteiger partial charge on any atom is 0.311 e. The molecule has 312 valence electrons. The van der Waals surface area contributed by atoms with Crippen LogP contribution in [-0.4, -0.2) is 34.7 Å². The molecule has 0 saturated carbocycles. The zero-order valence-electron chi connectivity index (χ0n) is 36.0. The summed E-state index contributed by atoms with van der Waals surface area (Å²) in [6, 6.07) is 12.7. The number of nitrogens with zero attached hydrogens (tertiary/aromatic N) is 2. The molecule has 2 heterocycles. The molecule has 5 unspecified atom stereocenters. The molecule has 5 atom stereocenters. The molecule has 0 aliphatic carbocycles. The van der Waals surface area contributed by atoms with E-state index in [0.717, 1.165) is 48.1 Å². The third-order valence-electron chi connectivity index (χ3n) is 12.5. The van der Waals surface area contributed by atoms with E-state index >= 15 is 13.2 Å². The van der Waals surface area contributed by atoms with E-state index in [1.807, 2.05) is 6.07 Å². The molecule has 0 amide bonds. The molecule has 0 radical (unpaired) electrons.